The van der Waals surface area contributed by atoms with Gasteiger partial charge in [0, 0.05) is 37.7 Å². The first-order valence-electron chi connectivity index (χ1n) is 16.6. The molecule has 3 rings (SSSR count). The fourth-order valence-corrected chi connectivity index (χ4v) is 6.00. The highest BCUT2D eigenvalue weighted by Gasteiger charge is 2.36. The second-order valence-corrected chi connectivity index (χ2v) is 14.7. The fraction of sp³-hybridized carbons (Fsp3) is 0.528. The van der Waals surface area contributed by atoms with Crippen molar-refractivity contribution in [3.63, 3.8) is 0 Å². The lowest BCUT2D eigenvalue weighted by Gasteiger charge is -2.34. The van der Waals surface area contributed by atoms with Gasteiger partial charge in [0.15, 0.2) is 0 Å². The molecule has 2 N–H and O–H groups in total. The maximum Gasteiger partial charge on any atom is 0.412 e. The number of hydrogen-bond acceptors (Lipinski definition) is 6. The maximum absolute atomic E-state index is 14.3. The van der Waals surface area contributed by atoms with Gasteiger partial charge in [-0.2, -0.15) is 0 Å². The number of carbonyl (C=O) groups excluding carboxylic acids is 4. The Morgan fingerprint density at radius 1 is 1.08 bits per heavy atom. The third kappa shape index (κ3) is 11.5. The maximum atomic E-state index is 14.3. The van der Waals surface area contributed by atoms with Crippen LogP contribution in [-0.2, 0) is 25.5 Å². The number of likely N-dealkylation sites (N-methyl/N-ethyl adjacent to an activating group) is 2. The number of anilines is 1. The van der Waals surface area contributed by atoms with Crippen molar-refractivity contribution < 1.29 is 28.3 Å². The minimum absolute atomic E-state index is 0.0233. The zero-order chi connectivity index (χ0) is 36.5. The highest BCUT2D eigenvalue weighted by molar-refractivity contribution is 9.10. The predicted molar refractivity (Wildman–Crippen MR) is 191 cm³/mol. The Labute approximate surface area is 296 Å². The van der Waals surface area contributed by atoms with Crippen molar-refractivity contribution in [2.75, 3.05) is 26.0 Å². The van der Waals surface area contributed by atoms with Gasteiger partial charge in [-0.25, -0.2) is 9.18 Å². The lowest BCUT2D eigenvalue weighted by Crippen LogP contribution is -2.56. The zero-order valence-electron chi connectivity index (χ0n) is 29.4. The molecule has 49 heavy (non-hydrogen) atoms. The van der Waals surface area contributed by atoms with Crippen molar-refractivity contribution in [3.05, 3.63) is 74.9 Å². The second kappa shape index (κ2) is 17.6. The van der Waals surface area contributed by atoms with Crippen LogP contribution < -0.4 is 16.2 Å². The highest BCUT2D eigenvalue weighted by atomic mass is 79.9. The van der Waals surface area contributed by atoms with E-state index >= 15 is 0 Å². The molecule has 1 aliphatic heterocycles. The number of halogens is 2. The number of nitrogens with one attached hydrogen (secondary N) is 2. The van der Waals surface area contributed by atoms with Gasteiger partial charge in [-0.3, -0.25) is 24.5 Å². The lowest BCUT2D eigenvalue weighted by molar-refractivity contribution is -0.146. The van der Waals surface area contributed by atoms with E-state index < -0.39 is 53.0 Å². The van der Waals surface area contributed by atoms with E-state index in [1.807, 2.05) is 26.0 Å². The number of pyridine rings is 1. The van der Waals surface area contributed by atoms with Crippen molar-refractivity contribution in [2.45, 2.75) is 96.9 Å². The first-order chi connectivity index (χ1) is 23.0. The van der Waals surface area contributed by atoms with E-state index in [4.69, 9.17) is 4.74 Å². The molecular formula is C36H49BrFN5O6. The molecule has 1 aromatic carbocycles. The van der Waals surface area contributed by atoms with E-state index in [0.29, 0.717) is 29.4 Å². The molecule has 0 bridgehead atoms. The van der Waals surface area contributed by atoms with Gasteiger partial charge in [0.05, 0.1) is 0 Å². The van der Waals surface area contributed by atoms with Gasteiger partial charge in [-0.05, 0) is 94.7 Å². The third-order valence-electron chi connectivity index (χ3n) is 8.11. The average Bonchev–Trinajstić information content (AvgIpc) is 3.01. The SMILES string of the molecule is CC(C)C[C@@H]1NC(=O)[C@@H](n2cccc(NC(=O)OC(C)(C)C)c2=O)CC=CCCCCN(C)C(=O)[C@H](Cc2cc(F)ccc2Br)N(C)C1=O. The summed E-state index contributed by atoms with van der Waals surface area (Å²) in [6, 6.07) is 4.10. The normalized spacial score (nSPS) is 20.4. The van der Waals surface area contributed by atoms with Crippen LogP contribution in [0.3, 0.4) is 0 Å². The Bertz CT molecular complexity index is 1590. The van der Waals surface area contributed by atoms with Crippen LogP contribution in [-0.4, -0.2) is 76.5 Å². The van der Waals surface area contributed by atoms with Gasteiger partial charge in [-0.1, -0.05) is 41.9 Å². The number of nitrogens with zero attached hydrogens (tertiary/aromatic N) is 3. The molecule has 2 aromatic rings. The first-order valence-corrected chi connectivity index (χ1v) is 17.4. The molecule has 4 amide bonds. The van der Waals surface area contributed by atoms with Gasteiger partial charge >= 0.3 is 6.09 Å². The van der Waals surface area contributed by atoms with Crippen LogP contribution >= 0.6 is 15.9 Å². The predicted octanol–water partition coefficient (Wildman–Crippen LogP) is 5.83. The van der Waals surface area contributed by atoms with E-state index in [9.17, 15) is 28.4 Å². The van der Waals surface area contributed by atoms with Crippen LogP contribution in [0.2, 0.25) is 0 Å². The number of rotatable bonds is 6. The Morgan fingerprint density at radius 3 is 2.47 bits per heavy atom. The van der Waals surface area contributed by atoms with Crippen molar-refractivity contribution in [3.8, 4) is 0 Å². The van der Waals surface area contributed by atoms with Crippen LogP contribution in [0.1, 0.15) is 78.3 Å². The molecule has 0 aliphatic carbocycles. The van der Waals surface area contributed by atoms with E-state index in [2.05, 4.69) is 26.6 Å². The second-order valence-electron chi connectivity index (χ2n) is 13.8. The van der Waals surface area contributed by atoms with E-state index in [0.717, 1.165) is 6.42 Å². The van der Waals surface area contributed by atoms with Crippen molar-refractivity contribution in [1.82, 2.24) is 19.7 Å². The van der Waals surface area contributed by atoms with Crippen molar-refractivity contribution >= 4 is 45.4 Å². The number of amides is 4. The van der Waals surface area contributed by atoms with Crippen LogP contribution in [0, 0.1) is 11.7 Å². The molecule has 1 aliphatic rings. The molecule has 13 heteroatoms. The summed E-state index contributed by atoms with van der Waals surface area (Å²) in [7, 11) is 3.21. The molecule has 0 saturated carbocycles. The van der Waals surface area contributed by atoms with Crippen molar-refractivity contribution in [1.29, 1.82) is 0 Å². The number of aromatic nitrogens is 1. The topological polar surface area (TPSA) is 130 Å². The minimum atomic E-state index is -1.06. The van der Waals surface area contributed by atoms with Gasteiger partial charge in [0.25, 0.3) is 5.56 Å². The quantitative estimate of drug-likeness (QED) is 0.358. The van der Waals surface area contributed by atoms with E-state index in [-0.39, 0.29) is 36.8 Å². The summed E-state index contributed by atoms with van der Waals surface area (Å²) in [4.78, 5) is 71.2. The summed E-state index contributed by atoms with van der Waals surface area (Å²) in [6.45, 7) is 9.39. The van der Waals surface area contributed by atoms with E-state index in [1.54, 1.807) is 44.9 Å². The summed E-state index contributed by atoms with van der Waals surface area (Å²) in [5.74, 6) is -1.86. The van der Waals surface area contributed by atoms with Gasteiger partial charge in [-0.15, -0.1) is 0 Å². The zero-order valence-corrected chi connectivity index (χ0v) is 31.0. The number of ether oxygens (including phenoxy) is 1. The fourth-order valence-electron chi connectivity index (χ4n) is 5.59. The van der Waals surface area contributed by atoms with Crippen LogP contribution in [0.25, 0.3) is 0 Å². The molecular weight excluding hydrogens is 697 g/mol. The molecule has 268 valence electrons. The number of benzene rings is 1. The monoisotopic (exact) mass is 745 g/mol. The smallest absolute Gasteiger partial charge is 0.412 e. The molecule has 3 atom stereocenters. The Morgan fingerprint density at radius 2 is 1.80 bits per heavy atom. The van der Waals surface area contributed by atoms with Gasteiger partial charge < -0.3 is 24.4 Å². The molecule has 2 heterocycles. The van der Waals surface area contributed by atoms with Crippen LogP contribution in [0.4, 0.5) is 14.9 Å². The number of carbonyl (C=O) groups is 4. The summed E-state index contributed by atoms with van der Waals surface area (Å²) >= 11 is 3.45. The van der Waals surface area contributed by atoms with Gasteiger partial charge in [0.2, 0.25) is 17.7 Å². The summed E-state index contributed by atoms with van der Waals surface area (Å²) in [5.41, 5.74) is -0.947. The molecule has 0 fully saturated rings. The standard InChI is InChI=1S/C36H49BrFN5O6/c1-23(2)20-28-32(45)42(7)30(22-24-21-25(38)16-17-26(24)37)34(47)41(6)18-12-10-8-9-11-15-29(31(44)39-28)43-19-13-14-27(33(43)46)40-35(48)49-36(3,4)5/h9,11,13-14,16-17,19,21,23,28-30H,8,10,12,15,18,20,22H2,1-7H3,(H,39,44)(H,40,48)/t28-,29-,30-/m0/s1. The molecule has 1 aromatic heterocycles. The average molecular weight is 747 g/mol. The number of hydrogen-bond donors (Lipinski definition) is 2. The molecule has 0 radical (unpaired) electrons. The highest BCUT2D eigenvalue weighted by Crippen LogP contribution is 2.23. The first kappa shape index (κ1) is 39.4. The lowest BCUT2D eigenvalue weighted by atomic mass is 9.98. The minimum Gasteiger partial charge on any atom is -0.444 e. The van der Waals surface area contributed by atoms with Crippen molar-refractivity contribution in [2.24, 2.45) is 5.92 Å². The summed E-state index contributed by atoms with van der Waals surface area (Å²) in [5, 5.41) is 5.36. The Balaban J connectivity index is 2.04. The third-order valence-corrected chi connectivity index (χ3v) is 8.88. The molecule has 0 spiro atoms. The van der Waals surface area contributed by atoms with Gasteiger partial charge in [0.1, 0.15) is 35.2 Å². The molecule has 11 nitrogen and oxygen atoms in total. The molecule has 0 unspecified atom stereocenters. The summed E-state index contributed by atoms with van der Waals surface area (Å²) in [6.07, 6.45) is 6.98. The van der Waals surface area contributed by atoms with Crippen LogP contribution in [0.15, 0.2) is 57.9 Å². The van der Waals surface area contributed by atoms with E-state index in [1.165, 1.54) is 40.9 Å². The summed E-state index contributed by atoms with van der Waals surface area (Å²) < 4.78 is 21.4. The van der Waals surface area contributed by atoms with Crippen LogP contribution in [0.5, 0.6) is 0 Å². The largest absolute Gasteiger partial charge is 0.444 e. The Hall–Kier alpha value is -4.00. The number of allylic oxidation sites excluding steroid dienone is 2. The molecule has 0 saturated heterocycles. The Kier molecular flexibility index (Phi) is 14.2.